The van der Waals surface area contributed by atoms with Crippen molar-refractivity contribution in [2.24, 2.45) is 0 Å². The lowest BCUT2D eigenvalue weighted by Crippen LogP contribution is -2.08. The van der Waals surface area contributed by atoms with E-state index in [-0.39, 0.29) is 5.82 Å². The molecule has 0 aliphatic heterocycles. The van der Waals surface area contributed by atoms with Gasteiger partial charge in [-0.1, -0.05) is 12.1 Å². The van der Waals surface area contributed by atoms with E-state index in [4.69, 9.17) is 0 Å². The molecule has 3 heteroatoms. The summed E-state index contributed by atoms with van der Waals surface area (Å²) in [6.07, 6.45) is 0. The number of hydrogen-bond acceptors (Lipinski definition) is 2. The van der Waals surface area contributed by atoms with Crippen LogP contribution in [0.3, 0.4) is 0 Å². The molecule has 0 bridgehead atoms. The maximum atomic E-state index is 13.2. The van der Waals surface area contributed by atoms with Crippen LogP contribution in [-0.4, -0.2) is 14.1 Å². The lowest BCUT2D eigenvalue weighted by Gasteiger charge is -2.13. The first-order valence-corrected chi connectivity index (χ1v) is 6.32. The summed E-state index contributed by atoms with van der Waals surface area (Å²) in [5.41, 5.74) is 3.99. The Morgan fingerprint density at radius 2 is 1.74 bits per heavy atom. The van der Waals surface area contributed by atoms with Crippen LogP contribution in [0.4, 0.5) is 15.8 Å². The van der Waals surface area contributed by atoms with Crippen LogP contribution in [0.15, 0.2) is 42.5 Å². The molecule has 0 amide bonds. The van der Waals surface area contributed by atoms with Crippen LogP contribution in [0.2, 0.25) is 0 Å². The highest BCUT2D eigenvalue weighted by atomic mass is 19.1. The third-order valence-electron chi connectivity index (χ3n) is 3.10. The molecule has 0 fully saturated rings. The van der Waals surface area contributed by atoms with Crippen molar-refractivity contribution in [2.75, 3.05) is 24.3 Å². The predicted octanol–water partition coefficient (Wildman–Crippen LogP) is 3.81. The van der Waals surface area contributed by atoms with Crippen molar-refractivity contribution in [2.45, 2.75) is 13.5 Å². The number of halogens is 1. The molecule has 0 aliphatic carbocycles. The predicted molar refractivity (Wildman–Crippen MR) is 79.2 cm³/mol. The average Bonchev–Trinajstić information content (AvgIpc) is 2.40. The zero-order valence-electron chi connectivity index (χ0n) is 11.6. The summed E-state index contributed by atoms with van der Waals surface area (Å²) in [5.74, 6) is -0.154. The van der Waals surface area contributed by atoms with E-state index in [1.165, 1.54) is 11.8 Å². The summed E-state index contributed by atoms with van der Waals surface area (Å²) in [4.78, 5) is 2.06. The van der Waals surface area contributed by atoms with Gasteiger partial charge in [0.05, 0.1) is 0 Å². The second-order valence-corrected chi connectivity index (χ2v) is 4.88. The van der Waals surface area contributed by atoms with Crippen molar-refractivity contribution < 1.29 is 4.39 Å². The summed E-state index contributed by atoms with van der Waals surface area (Å²) in [6, 6.07) is 13.4. The number of nitrogens with zero attached hydrogens (tertiary/aromatic N) is 1. The van der Waals surface area contributed by atoms with Gasteiger partial charge in [-0.15, -0.1) is 0 Å². The molecule has 0 aliphatic rings. The molecule has 0 radical (unpaired) electrons. The second-order valence-electron chi connectivity index (χ2n) is 4.88. The second kappa shape index (κ2) is 5.74. The van der Waals surface area contributed by atoms with Gasteiger partial charge in [0.1, 0.15) is 5.82 Å². The number of rotatable bonds is 4. The highest BCUT2D eigenvalue weighted by Gasteiger charge is 2.00. The van der Waals surface area contributed by atoms with Crippen LogP contribution in [0.5, 0.6) is 0 Å². The van der Waals surface area contributed by atoms with Crippen molar-refractivity contribution in [1.29, 1.82) is 0 Å². The maximum absolute atomic E-state index is 13.2. The van der Waals surface area contributed by atoms with Gasteiger partial charge in [-0.3, -0.25) is 0 Å². The molecule has 0 saturated heterocycles. The highest BCUT2D eigenvalue weighted by Crippen LogP contribution is 2.17. The van der Waals surface area contributed by atoms with Crippen LogP contribution < -0.4 is 10.2 Å². The zero-order valence-corrected chi connectivity index (χ0v) is 11.6. The molecule has 0 atom stereocenters. The van der Waals surface area contributed by atoms with Gasteiger partial charge in [0.2, 0.25) is 0 Å². The summed E-state index contributed by atoms with van der Waals surface area (Å²) in [5, 5.41) is 3.33. The minimum Gasteiger partial charge on any atom is -0.381 e. The minimum absolute atomic E-state index is 0.154. The zero-order chi connectivity index (χ0) is 13.8. The monoisotopic (exact) mass is 258 g/mol. The first-order chi connectivity index (χ1) is 9.06. The van der Waals surface area contributed by atoms with Crippen LogP contribution >= 0.6 is 0 Å². The van der Waals surface area contributed by atoms with E-state index in [1.807, 2.05) is 38.4 Å². The van der Waals surface area contributed by atoms with E-state index >= 15 is 0 Å². The Morgan fingerprint density at radius 1 is 1.05 bits per heavy atom. The smallest absolute Gasteiger partial charge is 0.126 e. The number of benzene rings is 2. The molecule has 1 N–H and O–H groups in total. The highest BCUT2D eigenvalue weighted by molar-refractivity contribution is 5.54. The third-order valence-corrected chi connectivity index (χ3v) is 3.10. The molecule has 0 heterocycles. The molecule has 2 rings (SSSR count). The van der Waals surface area contributed by atoms with Gasteiger partial charge in [0.25, 0.3) is 0 Å². The first kappa shape index (κ1) is 13.4. The maximum Gasteiger partial charge on any atom is 0.126 e. The molecule has 0 aromatic heterocycles. The third kappa shape index (κ3) is 3.47. The van der Waals surface area contributed by atoms with E-state index in [1.54, 1.807) is 6.92 Å². The van der Waals surface area contributed by atoms with Gasteiger partial charge in [0.15, 0.2) is 0 Å². The molecule has 2 aromatic rings. The van der Waals surface area contributed by atoms with Gasteiger partial charge < -0.3 is 10.2 Å². The summed E-state index contributed by atoms with van der Waals surface area (Å²) >= 11 is 0. The SMILES string of the molecule is Cc1cc(CNc2ccc(N(C)C)cc2)ccc1F. The Balaban J connectivity index is 2.00. The molecule has 2 aromatic carbocycles. The van der Waals surface area contributed by atoms with Gasteiger partial charge in [-0.05, 0) is 48.4 Å². The molecule has 0 spiro atoms. The lowest BCUT2D eigenvalue weighted by atomic mass is 10.1. The van der Waals surface area contributed by atoms with Gasteiger partial charge >= 0.3 is 0 Å². The molecular weight excluding hydrogens is 239 g/mol. The Labute approximate surface area is 113 Å². The van der Waals surface area contributed by atoms with Crippen molar-refractivity contribution in [3.05, 3.63) is 59.4 Å². The largest absolute Gasteiger partial charge is 0.381 e. The number of nitrogens with one attached hydrogen (secondary N) is 1. The van der Waals surface area contributed by atoms with Crippen LogP contribution in [-0.2, 0) is 6.54 Å². The van der Waals surface area contributed by atoms with Crippen molar-refractivity contribution >= 4 is 11.4 Å². The van der Waals surface area contributed by atoms with E-state index in [9.17, 15) is 4.39 Å². The van der Waals surface area contributed by atoms with Gasteiger partial charge in [-0.2, -0.15) is 0 Å². The fourth-order valence-corrected chi connectivity index (χ4v) is 1.90. The molecule has 0 unspecified atom stereocenters. The minimum atomic E-state index is -0.154. The van der Waals surface area contributed by atoms with Crippen LogP contribution in [0.1, 0.15) is 11.1 Å². The van der Waals surface area contributed by atoms with E-state index < -0.39 is 0 Å². The van der Waals surface area contributed by atoms with E-state index in [0.717, 1.165) is 11.3 Å². The number of hydrogen-bond donors (Lipinski definition) is 1. The average molecular weight is 258 g/mol. The molecule has 100 valence electrons. The molecular formula is C16H19FN2. The normalized spacial score (nSPS) is 10.3. The van der Waals surface area contributed by atoms with Crippen molar-refractivity contribution in [3.63, 3.8) is 0 Å². The van der Waals surface area contributed by atoms with E-state index in [2.05, 4.69) is 22.3 Å². The van der Waals surface area contributed by atoms with Gasteiger partial charge in [0, 0.05) is 32.0 Å². The molecule has 19 heavy (non-hydrogen) atoms. The van der Waals surface area contributed by atoms with Crippen LogP contribution in [0, 0.1) is 12.7 Å². The van der Waals surface area contributed by atoms with Crippen LogP contribution in [0.25, 0.3) is 0 Å². The van der Waals surface area contributed by atoms with Crippen molar-refractivity contribution in [3.8, 4) is 0 Å². The number of aryl methyl sites for hydroxylation is 1. The summed E-state index contributed by atoms with van der Waals surface area (Å²) < 4.78 is 13.2. The Kier molecular flexibility index (Phi) is 4.05. The Morgan fingerprint density at radius 3 is 2.32 bits per heavy atom. The fraction of sp³-hybridized carbons (Fsp3) is 0.250. The quantitative estimate of drug-likeness (QED) is 0.897. The molecule has 0 saturated carbocycles. The summed E-state index contributed by atoms with van der Waals surface area (Å²) in [6.45, 7) is 2.48. The van der Waals surface area contributed by atoms with Crippen molar-refractivity contribution in [1.82, 2.24) is 0 Å². The Bertz CT molecular complexity index is 547. The fourth-order valence-electron chi connectivity index (χ4n) is 1.90. The molecule has 2 nitrogen and oxygen atoms in total. The Hall–Kier alpha value is -2.03. The summed E-state index contributed by atoms with van der Waals surface area (Å²) in [7, 11) is 4.04. The van der Waals surface area contributed by atoms with Gasteiger partial charge in [-0.25, -0.2) is 4.39 Å². The van der Waals surface area contributed by atoms with E-state index in [0.29, 0.717) is 12.1 Å². The first-order valence-electron chi connectivity index (χ1n) is 6.32. The standard InChI is InChI=1S/C16H19FN2/c1-12-10-13(4-9-16(12)17)11-18-14-5-7-15(8-6-14)19(2)3/h4-10,18H,11H2,1-3H3. The lowest BCUT2D eigenvalue weighted by molar-refractivity contribution is 0.617. The number of anilines is 2. The topological polar surface area (TPSA) is 15.3 Å².